The molecule has 0 aromatic heterocycles. The predicted molar refractivity (Wildman–Crippen MR) is 92.8 cm³/mol. The lowest BCUT2D eigenvalue weighted by molar-refractivity contribution is -0.196. The standard InChI is InChI=1S/C15H13F2IO8S/c16-15(17,27(21,22)23)13(20)24-8-4-6-14(7-5-8)25-10-3-1-2-9(18)11(10)12(19)26-14/h1-3,8H,4-7H2,(H,21,22,23). The van der Waals surface area contributed by atoms with Crippen LogP contribution in [0.3, 0.4) is 0 Å². The van der Waals surface area contributed by atoms with Crippen molar-refractivity contribution >= 4 is 44.6 Å². The molecule has 1 fully saturated rings. The summed E-state index contributed by atoms with van der Waals surface area (Å²) < 4.78 is 72.5. The molecule has 12 heteroatoms. The second-order valence-electron chi connectivity index (χ2n) is 6.11. The largest absolute Gasteiger partial charge is 0.465 e. The first kappa shape index (κ1) is 20.2. The van der Waals surface area contributed by atoms with E-state index in [1.165, 1.54) is 0 Å². The molecular formula is C15H13F2IO8S. The molecule has 0 bridgehead atoms. The Morgan fingerprint density at radius 3 is 2.52 bits per heavy atom. The summed E-state index contributed by atoms with van der Waals surface area (Å²) >= 11 is 1.97. The fraction of sp³-hybridized carbons (Fsp3) is 0.467. The first-order valence-corrected chi connectivity index (χ1v) is 10.2. The van der Waals surface area contributed by atoms with Gasteiger partial charge in [-0.15, -0.1) is 0 Å². The summed E-state index contributed by atoms with van der Waals surface area (Å²) in [5.74, 6) is -3.89. The number of fused-ring (bicyclic) bond motifs is 1. The summed E-state index contributed by atoms with van der Waals surface area (Å²) in [4.78, 5) is 23.7. The lowest BCUT2D eigenvalue weighted by Gasteiger charge is -2.41. The minimum atomic E-state index is -5.93. The van der Waals surface area contributed by atoms with Crippen molar-refractivity contribution in [2.75, 3.05) is 0 Å². The van der Waals surface area contributed by atoms with Crippen molar-refractivity contribution in [2.45, 2.75) is 42.8 Å². The molecule has 148 valence electrons. The van der Waals surface area contributed by atoms with Gasteiger partial charge in [0.1, 0.15) is 17.4 Å². The Bertz CT molecular complexity index is 893. The van der Waals surface area contributed by atoms with Gasteiger partial charge in [0.25, 0.3) is 5.79 Å². The molecule has 1 aromatic carbocycles. The Labute approximate surface area is 166 Å². The Morgan fingerprint density at radius 1 is 1.30 bits per heavy atom. The van der Waals surface area contributed by atoms with Crippen molar-refractivity contribution in [3.63, 3.8) is 0 Å². The van der Waals surface area contributed by atoms with E-state index in [9.17, 15) is 26.8 Å². The SMILES string of the molecule is O=C1OC2(CCC(OC(=O)C(F)(F)S(=O)(=O)O)CC2)Oc2cccc(I)c21. The number of ether oxygens (including phenoxy) is 3. The van der Waals surface area contributed by atoms with Crippen LogP contribution in [0.4, 0.5) is 8.78 Å². The van der Waals surface area contributed by atoms with E-state index in [2.05, 4.69) is 4.74 Å². The number of halogens is 3. The molecule has 0 unspecified atom stereocenters. The van der Waals surface area contributed by atoms with E-state index in [1.54, 1.807) is 18.2 Å². The summed E-state index contributed by atoms with van der Waals surface area (Å²) in [5, 5.41) is -5.05. The van der Waals surface area contributed by atoms with Crippen molar-refractivity contribution < 1.29 is 45.6 Å². The van der Waals surface area contributed by atoms with Crippen LogP contribution in [0.25, 0.3) is 0 Å². The molecule has 1 aliphatic heterocycles. The monoisotopic (exact) mass is 518 g/mol. The minimum absolute atomic E-state index is 0.000163. The van der Waals surface area contributed by atoms with Gasteiger partial charge in [-0.2, -0.15) is 17.2 Å². The number of hydrogen-bond acceptors (Lipinski definition) is 7. The first-order valence-electron chi connectivity index (χ1n) is 7.72. The molecule has 0 amide bonds. The fourth-order valence-electron chi connectivity index (χ4n) is 2.91. The van der Waals surface area contributed by atoms with Crippen LogP contribution in [-0.4, -0.2) is 42.1 Å². The molecular weight excluding hydrogens is 505 g/mol. The van der Waals surface area contributed by atoms with Gasteiger partial charge in [-0.25, -0.2) is 9.59 Å². The highest BCUT2D eigenvalue weighted by molar-refractivity contribution is 14.1. The van der Waals surface area contributed by atoms with E-state index in [4.69, 9.17) is 14.0 Å². The van der Waals surface area contributed by atoms with Crippen LogP contribution in [0.2, 0.25) is 0 Å². The second kappa shape index (κ2) is 6.81. The summed E-state index contributed by atoms with van der Waals surface area (Å²) in [5.41, 5.74) is 0.296. The molecule has 8 nitrogen and oxygen atoms in total. The number of carbonyl (C=O) groups excluding carboxylic acids is 2. The van der Waals surface area contributed by atoms with E-state index in [1.807, 2.05) is 22.6 Å². The van der Waals surface area contributed by atoms with Gasteiger partial charge < -0.3 is 14.2 Å². The predicted octanol–water partition coefficient (Wildman–Crippen LogP) is 2.50. The first-order chi connectivity index (χ1) is 12.5. The van der Waals surface area contributed by atoms with Gasteiger partial charge in [-0.3, -0.25) is 4.55 Å². The molecule has 0 radical (unpaired) electrons. The zero-order chi connectivity index (χ0) is 20.0. The quantitative estimate of drug-likeness (QED) is 0.369. The van der Waals surface area contributed by atoms with Crippen LogP contribution in [0.15, 0.2) is 18.2 Å². The number of alkyl halides is 2. The third kappa shape index (κ3) is 3.74. The number of carbonyl (C=O) groups is 2. The van der Waals surface area contributed by atoms with Crippen molar-refractivity contribution in [3.05, 3.63) is 27.3 Å². The Hall–Kier alpha value is -1.54. The maximum absolute atomic E-state index is 13.3. The zero-order valence-electron chi connectivity index (χ0n) is 13.5. The van der Waals surface area contributed by atoms with Crippen LogP contribution in [-0.2, 0) is 24.4 Å². The molecule has 1 N–H and O–H groups in total. The molecule has 1 aliphatic carbocycles. The highest BCUT2D eigenvalue weighted by Crippen LogP contribution is 2.42. The van der Waals surface area contributed by atoms with E-state index in [-0.39, 0.29) is 25.7 Å². The van der Waals surface area contributed by atoms with E-state index >= 15 is 0 Å². The molecule has 0 saturated heterocycles. The number of rotatable bonds is 3. The summed E-state index contributed by atoms with van der Waals surface area (Å²) in [6, 6.07) is 5.03. The molecule has 1 heterocycles. The van der Waals surface area contributed by atoms with Gasteiger partial charge in [0, 0.05) is 16.4 Å². The number of esters is 2. The third-order valence-corrected chi connectivity index (χ3v) is 6.00. The lowest BCUT2D eigenvalue weighted by atomic mass is 9.90. The van der Waals surface area contributed by atoms with Gasteiger partial charge in [-0.1, -0.05) is 6.07 Å². The summed E-state index contributed by atoms with van der Waals surface area (Å²) in [7, 11) is -5.93. The molecule has 1 spiro atoms. The highest BCUT2D eigenvalue weighted by atomic mass is 127. The molecule has 1 aromatic rings. The molecule has 1 saturated carbocycles. The van der Waals surface area contributed by atoms with Crippen LogP contribution < -0.4 is 4.74 Å². The lowest BCUT2D eigenvalue weighted by Crippen LogP contribution is -2.49. The number of hydrogen-bond donors (Lipinski definition) is 1. The molecule has 2 aliphatic rings. The molecule has 27 heavy (non-hydrogen) atoms. The Kier molecular flexibility index (Phi) is 5.10. The zero-order valence-corrected chi connectivity index (χ0v) is 16.5. The third-order valence-electron chi connectivity index (χ3n) is 4.28. The Balaban J connectivity index is 1.68. The van der Waals surface area contributed by atoms with Crippen LogP contribution in [0.5, 0.6) is 5.75 Å². The van der Waals surface area contributed by atoms with Crippen molar-refractivity contribution in [2.24, 2.45) is 0 Å². The average Bonchev–Trinajstić information content (AvgIpc) is 2.55. The Morgan fingerprint density at radius 2 is 1.93 bits per heavy atom. The number of benzene rings is 1. The van der Waals surface area contributed by atoms with E-state index in [0.717, 1.165) is 0 Å². The van der Waals surface area contributed by atoms with Crippen LogP contribution >= 0.6 is 22.6 Å². The summed E-state index contributed by atoms with van der Waals surface area (Å²) in [6.07, 6.45) is -0.923. The van der Waals surface area contributed by atoms with E-state index in [0.29, 0.717) is 14.9 Å². The van der Waals surface area contributed by atoms with Gasteiger partial charge in [0.05, 0.1) is 0 Å². The van der Waals surface area contributed by atoms with E-state index < -0.39 is 39.2 Å². The van der Waals surface area contributed by atoms with Crippen LogP contribution in [0.1, 0.15) is 36.0 Å². The van der Waals surface area contributed by atoms with Gasteiger partial charge in [0.2, 0.25) is 0 Å². The topological polar surface area (TPSA) is 116 Å². The van der Waals surface area contributed by atoms with Gasteiger partial charge in [0.15, 0.2) is 0 Å². The van der Waals surface area contributed by atoms with Crippen molar-refractivity contribution in [3.8, 4) is 5.75 Å². The second-order valence-corrected chi connectivity index (χ2v) is 8.74. The van der Waals surface area contributed by atoms with Gasteiger partial charge >= 0.3 is 27.3 Å². The molecule has 0 atom stereocenters. The normalized spacial score (nSPS) is 25.3. The van der Waals surface area contributed by atoms with Crippen molar-refractivity contribution in [1.82, 2.24) is 0 Å². The van der Waals surface area contributed by atoms with Gasteiger partial charge in [-0.05, 0) is 47.6 Å². The average molecular weight is 518 g/mol. The summed E-state index contributed by atoms with van der Waals surface area (Å²) in [6.45, 7) is 0. The van der Waals surface area contributed by atoms with Crippen LogP contribution in [0, 0.1) is 3.57 Å². The maximum Gasteiger partial charge on any atom is 0.465 e. The smallest absolute Gasteiger partial charge is 0.457 e. The minimum Gasteiger partial charge on any atom is -0.457 e. The highest BCUT2D eigenvalue weighted by Gasteiger charge is 2.55. The maximum atomic E-state index is 13.3. The fourth-order valence-corrected chi connectivity index (χ4v) is 3.86. The molecule has 3 rings (SSSR count). The van der Waals surface area contributed by atoms with Crippen molar-refractivity contribution in [1.29, 1.82) is 0 Å².